The number of piperazine rings is 1. The maximum atomic E-state index is 12.7. The summed E-state index contributed by atoms with van der Waals surface area (Å²) in [6, 6.07) is 15.9. The molecule has 2 aromatic heterocycles. The molecule has 0 unspecified atom stereocenters. The molecule has 144 valence electrons. The number of rotatable bonds is 5. The van der Waals surface area contributed by atoms with Crippen molar-refractivity contribution in [3.05, 3.63) is 60.6 Å². The molecule has 1 aromatic carbocycles. The average molecular weight is 395 g/mol. The molecule has 3 heterocycles. The Labute approximate surface area is 168 Å². The van der Waals surface area contributed by atoms with Gasteiger partial charge in [-0.05, 0) is 31.2 Å². The molecule has 0 spiro atoms. The van der Waals surface area contributed by atoms with E-state index in [1.165, 1.54) is 11.8 Å². The Morgan fingerprint density at radius 3 is 2.46 bits per heavy atom. The molecule has 7 nitrogen and oxygen atoms in total. The summed E-state index contributed by atoms with van der Waals surface area (Å²) in [6.45, 7) is 4.93. The molecular formula is C20H22N6OS. The summed E-state index contributed by atoms with van der Waals surface area (Å²) in [6.07, 6.45) is 1.80. The number of benzene rings is 1. The van der Waals surface area contributed by atoms with E-state index in [0.717, 1.165) is 35.6 Å². The van der Waals surface area contributed by atoms with Crippen LogP contribution >= 0.6 is 11.8 Å². The second kappa shape index (κ2) is 8.43. The molecule has 0 bridgehead atoms. The molecule has 0 radical (unpaired) electrons. The minimum Gasteiger partial charge on any atom is -0.353 e. The van der Waals surface area contributed by atoms with Gasteiger partial charge in [0.1, 0.15) is 11.6 Å². The molecule has 28 heavy (non-hydrogen) atoms. The quantitative estimate of drug-likeness (QED) is 0.619. The van der Waals surface area contributed by atoms with Gasteiger partial charge in [-0.1, -0.05) is 36.0 Å². The first kappa shape index (κ1) is 18.5. The van der Waals surface area contributed by atoms with Crippen LogP contribution in [0.15, 0.2) is 59.9 Å². The van der Waals surface area contributed by atoms with Crippen LogP contribution in [0.2, 0.25) is 0 Å². The predicted molar refractivity (Wildman–Crippen MR) is 110 cm³/mol. The molecule has 1 fully saturated rings. The van der Waals surface area contributed by atoms with Crippen LogP contribution in [0, 0.1) is 6.92 Å². The fraction of sp³-hybridized carbons (Fsp3) is 0.300. The molecule has 1 amide bonds. The fourth-order valence-corrected chi connectivity index (χ4v) is 4.15. The first-order valence-electron chi connectivity index (χ1n) is 9.26. The molecule has 0 N–H and O–H groups in total. The Morgan fingerprint density at radius 1 is 1.00 bits per heavy atom. The molecule has 1 aliphatic rings. The van der Waals surface area contributed by atoms with Gasteiger partial charge in [-0.3, -0.25) is 9.36 Å². The summed E-state index contributed by atoms with van der Waals surface area (Å²) in [4.78, 5) is 21.2. The van der Waals surface area contributed by atoms with E-state index in [9.17, 15) is 4.79 Å². The maximum absolute atomic E-state index is 12.7. The van der Waals surface area contributed by atoms with Crippen molar-refractivity contribution in [2.75, 3.05) is 36.8 Å². The summed E-state index contributed by atoms with van der Waals surface area (Å²) >= 11 is 1.43. The van der Waals surface area contributed by atoms with Gasteiger partial charge in [0.25, 0.3) is 0 Å². The van der Waals surface area contributed by atoms with E-state index in [0.29, 0.717) is 18.8 Å². The monoisotopic (exact) mass is 394 g/mol. The van der Waals surface area contributed by atoms with Gasteiger partial charge in [-0.15, -0.1) is 10.2 Å². The molecular weight excluding hydrogens is 372 g/mol. The highest BCUT2D eigenvalue weighted by atomic mass is 32.2. The van der Waals surface area contributed by atoms with E-state index in [1.807, 2.05) is 64.9 Å². The Bertz CT molecular complexity index is 922. The van der Waals surface area contributed by atoms with Gasteiger partial charge in [0.05, 0.1) is 5.75 Å². The Kier molecular flexibility index (Phi) is 5.57. The molecule has 1 saturated heterocycles. The highest BCUT2D eigenvalue weighted by Gasteiger charge is 2.22. The number of pyridine rings is 1. The van der Waals surface area contributed by atoms with Crippen LogP contribution in [-0.4, -0.2) is 62.5 Å². The zero-order chi connectivity index (χ0) is 19.3. The smallest absolute Gasteiger partial charge is 0.233 e. The summed E-state index contributed by atoms with van der Waals surface area (Å²) in [5.74, 6) is 2.26. The first-order chi connectivity index (χ1) is 13.7. The van der Waals surface area contributed by atoms with Crippen LogP contribution in [0.1, 0.15) is 5.82 Å². The van der Waals surface area contributed by atoms with Crippen molar-refractivity contribution >= 4 is 23.5 Å². The van der Waals surface area contributed by atoms with E-state index in [-0.39, 0.29) is 5.91 Å². The number of nitrogens with zero attached hydrogens (tertiary/aromatic N) is 6. The molecule has 0 atom stereocenters. The van der Waals surface area contributed by atoms with Gasteiger partial charge in [-0.25, -0.2) is 4.98 Å². The number of carbonyl (C=O) groups is 1. The van der Waals surface area contributed by atoms with Gasteiger partial charge < -0.3 is 9.80 Å². The summed E-state index contributed by atoms with van der Waals surface area (Å²) in [5.41, 5.74) is 1.00. The lowest BCUT2D eigenvalue weighted by Crippen LogP contribution is -2.49. The van der Waals surface area contributed by atoms with Crippen LogP contribution in [0.3, 0.4) is 0 Å². The van der Waals surface area contributed by atoms with Gasteiger partial charge in [0.2, 0.25) is 5.91 Å². The number of hydrogen-bond donors (Lipinski definition) is 0. The summed E-state index contributed by atoms with van der Waals surface area (Å²) < 4.78 is 1.98. The number of aromatic nitrogens is 4. The minimum absolute atomic E-state index is 0.130. The third kappa shape index (κ3) is 4.01. The topological polar surface area (TPSA) is 67.2 Å². The lowest BCUT2D eigenvalue weighted by Gasteiger charge is -2.35. The molecule has 0 aliphatic carbocycles. The Morgan fingerprint density at radius 2 is 1.75 bits per heavy atom. The van der Waals surface area contributed by atoms with Gasteiger partial charge in [0.15, 0.2) is 5.16 Å². The normalized spacial score (nSPS) is 14.3. The van der Waals surface area contributed by atoms with Crippen molar-refractivity contribution in [3.63, 3.8) is 0 Å². The van der Waals surface area contributed by atoms with E-state index in [4.69, 9.17) is 0 Å². The number of hydrogen-bond acceptors (Lipinski definition) is 6. The Balaban J connectivity index is 1.35. The lowest BCUT2D eigenvalue weighted by atomic mass is 10.3. The third-order valence-corrected chi connectivity index (χ3v) is 5.65. The fourth-order valence-electron chi connectivity index (χ4n) is 3.25. The van der Waals surface area contributed by atoms with E-state index in [1.54, 1.807) is 6.20 Å². The van der Waals surface area contributed by atoms with Crippen molar-refractivity contribution < 1.29 is 4.79 Å². The van der Waals surface area contributed by atoms with Crippen LogP contribution < -0.4 is 4.90 Å². The first-order valence-corrected chi connectivity index (χ1v) is 10.2. The van der Waals surface area contributed by atoms with E-state index in [2.05, 4.69) is 20.1 Å². The van der Waals surface area contributed by atoms with E-state index < -0.39 is 0 Å². The molecule has 1 aliphatic heterocycles. The average Bonchev–Trinajstić information content (AvgIpc) is 3.13. The van der Waals surface area contributed by atoms with Crippen LogP contribution in [0.4, 0.5) is 5.82 Å². The summed E-state index contributed by atoms with van der Waals surface area (Å²) in [7, 11) is 0. The van der Waals surface area contributed by atoms with Gasteiger partial charge >= 0.3 is 0 Å². The molecule has 3 aromatic rings. The van der Waals surface area contributed by atoms with Gasteiger partial charge in [-0.2, -0.15) is 0 Å². The number of anilines is 1. The lowest BCUT2D eigenvalue weighted by molar-refractivity contribution is -0.128. The second-order valence-corrected chi connectivity index (χ2v) is 7.49. The second-order valence-electron chi connectivity index (χ2n) is 6.55. The van der Waals surface area contributed by atoms with E-state index >= 15 is 0 Å². The Hall–Kier alpha value is -2.87. The van der Waals surface area contributed by atoms with Crippen LogP contribution in [0.25, 0.3) is 5.69 Å². The van der Waals surface area contributed by atoms with Gasteiger partial charge in [0, 0.05) is 38.1 Å². The number of para-hydroxylation sites is 1. The SMILES string of the molecule is Cc1nnc(SCC(=O)N2CCN(c3ccccn3)CC2)n1-c1ccccc1. The number of aryl methyl sites for hydroxylation is 1. The zero-order valence-corrected chi connectivity index (χ0v) is 16.5. The summed E-state index contributed by atoms with van der Waals surface area (Å²) in [5, 5.41) is 9.17. The highest BCUT2D eigenvalue weighted by molar-refractivity contribution is 7.99. The van der Waals surface area contributed by atoms with Crippen LogP contribution in [0.5, 0.6) is 0 Å². The maximum Gasteiger partial charge on any atom is 0.233 e. The number of thioether (sulfide) groups is 1. The zero-order valence-electron chi connectivity index (χ0n) is 15.7. The number of carbonyl (C=O) groups excluding carboxylic acids is 1. The molecule has 4 rings (SSSR count). The third-order valence-electron chi connectivity index (χ3n) is 4.74. The predicted octanol–water partition coefficient (Wildman–Crippen LogP) is 2.41. The van der Waals surface area contributed by atoms with Crippen LogP contribution in [-0.2, 0) is 4.79 Å². The largest absolute Gasteiger partial charge is 0.353 e. The van der Waals surface area contributed by atoms with Crippen molar-refractivity contribution in [2.24, 2.45) is 0 Å². The van der Waals surface area contributed by atoms with Crippen molar-refractivity contribution in [1.29, 1.82) is 0 Å². The highest BCUT2D eigenvalue weighted by Crippen LogP contribution is 2.22. The molecule has 0 saturated carbocycles. The molecule has 8 heteroatoms. The number of amides is 1. The standard InChI is InChI=1S/C20H22N6OS/c1-16-22-23-20(26(16)17-7-3-2-4-8-17)28-15-19(27)25-13-11-24(12-14-25)18-9-5-6-10-21-18/h2-10H,11-15H2,1H3. The van der Waals surface area contributed by atoms with Crippen molar-refractivity contribution in [2.45, 2.75) is 12.1 Å². The minimum atomic E-state index is 0.130. The van der Waals surface area contributed by atoms with Crippen molar-refractivity contribution in [3.8, 4) is 5.69 Å². The van der Waals surface area contributed by atoms with Crippen molar-refractivity contribution in [1.82, 2.24) is 24.6 Å².